The summed E-state index contributed by atoms with van der Waals surface area (Å²) in [4.78, 5) is 10.3. The van der Waals surface area contributed by atoms with E-state index in [0.29, 0.717) is 6.42 Å². The van der Waals surface area contributed by atoms with Crippen LogP contribution in [0.2, 0.25) is 0 Å². The van der Waals surface area contributed by atoms with E-state index < -0.39 is 5.97 Å². The van der Waals surface area contributed by atoms with E-state index in [1.165, 1.54) is 0 Å². The number of rotatable bonds is 14. The fraction of sp³-hybridized carbons (Fsp3) is 0.550. The van der Waals surface area contributed by atoms with Crippen molar-refractivity contribution < 1.29 is 15.0 Å². The van der Waals surface area contributed by atoms with Crippen molar-refractivity contribution in [3.05, 3.63) is 48.6 Å². The van der Waals surface area contributed by atoms with E-state index >= 15 is 0 Å². The molecule has 0 rings (SSSR count). The Hall–Kier alpha value is -1.61. The third-order valence-electron chi connectivity index (χ3n) is 3.24. The van der Waals surface area contributed by atoms with Crippen LogP contribution >= 0.6 is 0 Å². The Kier molecular flexibility index (Phi) is 15.6. The van der Waals surface area contributed by atoms with Crippen LogP contribution in [0, 0.1) is 0 Å². The van der Waals surface area contributed by atoms with Gasteiger partial charge < -0.3 is 10.2 Å². The lowest BCUT2D eigenvalue weighted by Crippen LogP contribution is -1.97. The molecule has 0 unspecified atom stereocenters. The molecule has 1 atom stereocenters. The molecule has 0 radical (unpaired) electrons. The standard InChI is InChI=1S/C20H32O3/c1-19(21)17-15-13-11-9-7-5-3-2-4-6-8-10-12-14-16-18-20(22)23/h3-6,9-12,19,21H,2,7-8,13-18H2,1H3,(H,22,23)/t19-/m1/s1. The molecular formula is C20H32O3. The molecule has 130 valence electrons. The van der Waals surface area contributed by atoms with Crippen molar-refractivity contribution >= 4 is 5.97 Å². The van der Waals surface area contributed by atoms with Gasteiger partial charge in [-0.2, -0.15) is 0 Å². The highest BCUT2D eigenvalue weighted by Crippen LogP contribution is 2.02. The van der Waals surface area contributed by atoms with Gasteiger partial charge in [-0.15, -0.1) is 0 Å². The molecule has 0 amide bonds. The molecule has 0 aliphatic carbocycles. The van der Waals surface area contributed by atoms with E-state index in [9.17, 15) is 4.79 Å². The zero-order valence-corrected chi connectivity index (χ0v) is 14.4. The summed E-state index contributed by atoms with van der Waals surface area (Å²) in [6, 6.07) is 0. The van der Waals surface area contributed by atoms with Gasteiger partial charge in [0, 0.05) is 6.42 Å². The minimum atomic E-state index is -0.723. The smallest absolute Gasteiger partial charge is 0.303 e. The van der Waals surface area contributed by atoms with Gasteiger partial charge >= 0.3 is 5.97 Å². The van der Waals surface area contributed by atoms with Crippen LogP contribution in [-0.4, -0.2) is 22.3 Å². The van der Waals surface area contributed by atoms with Crippen molar-refractivity contribution in [2.24, 2.45) is 0 Å². The second-order valence-corrected chi connectivity index (χ2v) is 5.66. The summed E-state index contributed by atoms with van der Waals surface area (Å²) in [5.74, 6) is -0.723. The Morgan fingerprint density at radius 2 is 1.26 bits per heavy atom. The Bertz CT molecular complexity index is 390. The summed E-state index contributed by atoms with van der Waals surface area (Å²) in [5.41, 5.74) is 0. The summed E-state index contributed by atoms with van der Waals surface area (Å²) in [5, 5.41) is 17.6. The van der Waals surface area contributed by atoms with Crippen LogP contribution < -0.4 is 0 Å². The van der Waals surface area contributed by atoms with Crippen molar-refractivity contribution in [2.75, 3.05) is 0 Å². The van der Waals surface area contributed by atoms with Gasteiger partial charge in [-0.25, -0.2) is 0 Å². The molecular weight excluding hydrogens is 288 g/mol. The van der Waals surface area contributed by atoms with E-state index in [2.05, 4.69) is 42.5 Å². The molecule has 0 spiro atoms. The normalized spacial score (nSPS) is 13.8. The first-order valence-corrected chi connectivity index (χ1v) is 8.62. The third-order valence-corrected chi connectivity index (χ3v) is 3.24. The first kappa shape index (κ1) is 21.4. The van der Waals surface area contributed by atoms with Crippen LogP contribution in [0.1, 0.15) is 64.7 Å². The summed E-state index contributed by atoms with van der Waals surface area (Å²) < 4.78 is 0. The molecule has 2 N–H and O–H groups in total. The number of unbranched alkanes of at least 4 members (excludes halogenated alkanes) is 2. The van der Waals surface area contributed by atoms with Crippen molar-refractivity contribution in [1.29, 1.82) is 0 Å². The zero-order valence-electron chi connectivity index (χ0n) is 14.4. The van der Waals surface area contributed by atoms with Gasteiger partial charge in [0.25, 0.3) is 0 Å². The molecule has 0 bridgehead atoms. The number of hydrogen-bond donors (Lipinski definition) is 2. The van der Waals surface area contributed by atoms with Gasteiger partial charge in [-0.1, -0.05) is 48.6 Å². The molecule has 0 saturated heterocycles. The van der Waals surface area contributed by atoms with Crippen LogP contribution in [-0.2, 0) is 4.79 Å². The number of allylic oxidation sites excluding steroid dienone is 8. The summed E-state index contributed by atoms with van der Waals surface area (Å²) in [6.45, 7) is 1.83. The lowest BCUT2D eigenvalue weighted by molar-refractivity contribution is -0.137. The molecule has 23 heavy (non-hydrogen) atoms. The van der Waals surface area contributed by atoms with E-state index in [-0.39, 0.29) is 12.5 Å². The molecule has 0 heterocycles. The average molecular weight is 320 g/mol. The Labute approximate surface area is 141 Å². The second-order valence-electron chi connectivity index (χ2n) is 5.66. The predicted molar refractivity (Wildman–Crippen MR) is 97.4 cm³/mol. The van der Waals surface area contributed by atoms with Crippen LogP contribution in [0.25, 0.3) is 0 Å². The fourth-order valence-corrected chi connectivity index (χ4v) is 1.95. The maximum Gasteiger partial charge on any atom is 0.303 e. The molecule has 0 saturated carbocycles. The Morgan fingerprint density at radius 1 is 0.826 bits per heavy atom. The van der Waals surface area contributed by atoms with Gasteiger partial charge in [0.1, 0.15) is 0 Å². The van der Waals surface area contributed by atoms with E-state index in [1.807, 2.05) is 13.0 Å². The van der Waals surface area contributed by atoms with Crippen LogP contribution in [0.4, 0.5) is 0 Å². The lowest BCUT2D eigenvalue weighted by Gasteiger charge is -1.99. The van der Waals surface area contributed by atoms with Gasteiger partial charge in [-0.05, 0) is 58.3 Å². The highest BCUT2D eigenvalue weighted by molar-refractivity contribution is 5.66. The first-order chi connectivity index (χ1) is 11.1. The maximum atomic E-state index is 10.3. The maximum absolute atomic E-state index is 10.3. The summed E-state index contributed by atoms with van der Waals surface area (Å²) in [7, 11) is 0. The van der Waals surface area contributed by atoms with Crippen molar-refractivity contribution in [3.8, 4) is 0 Å². The number of aliphatic hydroxyl groups excluding tert-OH is 1. The predicted octanol–water partition coefficient (Wildman–Crippen LogP) is 5.19. The van der Waals surface area contributed by atoms with Crippen molar-refractivity contribution in [3.63, 3.8) is 0 Å². The van der Waals surface area contributed by atoms with Crippen LogP contribution in [0.3, 0.4) is 0 Å². The number of aliphatic hydroxyl groups is 1. The van der Waals surface area contributed by atoms with Gasteiger partial charge in [0.15, 0.2) is 0 Å². The zero-order chi connectivity index (χ0) is 17.2. The molecule has 0 aromatic carbocycles. The third kappa shape index (κ3) is 20.4. The van der Waals surface area contributed by atoms with Gasteiger partial charge in [-0.3, -0.25) is 4.79 Å². The topological polar surface area (TPSA) is 57.5 Å². The quantitative estimate of drug-likeness (QED) is 0.342. The number of aliphatic carboxylic acids is 1. The Balaban J connectivity index is 3.43. The molecule has 3 nitrogen and oxygen atoms in total. The first-order valence-electron chi connectivity index (χ1n) is 8.62. The SMILES string of the molecule is C[C@@H](O)CCCC=CCC=CCC=CCC=CCCCC(=O)O. The molecule has 0 fully saturated rings. The molecule has 3 heteroatoms. The minimum Gasteiger partial charge on any atom is -0.481 e. The van der Waals surface area contributed by atoms with Crippen LogP contribution in [0.5, 0.6) is 0 Å². The lowest BCUT2D eigenvalue weighted by atomic mass is 10.1. The number of carboxylic acid groups (broad SMARTS) is 1. The van der Waals surface area contributed by atoms with E-state index in [1.54, 1.807) is 0 Å². The largest absolute Gasteiger partial charge is 0.481 e. The minimum absolute atomic E-state index is 0.185. The van der Waals surface area contributed by atoms with Crippen molar-refractivity contribution in [2.45, 2.75) is 70.8 Å². The number of carboxylic acids is 1. The number of carbonyl (C=O) groups is 1. The second kappa shape index (κ2) is 16.8. The highest BCUT2D eigenvalue weighted by Gasteiger charge is 1.93. The van der Waals surface area contributed by atoms with E-state index in [4.69, 9.17) is 10.2 Å². The summed E-state index contributed by atoms with van der Waals surface area (Å²) >= 11 is 0. The monoisotopic (exact) mass is 320 g/mol. The summed E-state index contributed by atoms with van der Waals surface area (Å²) in [6.07, 6.45) is 24.5. The average Bonchev–Trinajstić information content (AvgIpc) is 2.49. The van der Waals surface area contributed by atoms with Gasteiger partial charge in [0.05, 0.1) is 6.10 Å². The van der Waals surface area contributed by atoms with Crippen LogP contribution in [0.15, 0.2) is 48.6 Å². The van der Waals surface area contributed by atoms with E-state index in [0.717, 1.165) is 44.9 Å². The highest BCUT2D eigenvalue weighted by atomic mass is 16.4. The molecule has 0 aromatic rings. The molecule has 0 aliphatic heterocycles. The Morgan fingerprint density at radius 3 is 1.70 bits per heavy atom. The molecule has 0 aliphatic rings. The molecule has 0 aromatic heterocycles. The fourth-order valence-electron chi connectivity index (χ4n) is 1.95. The van der Waals surface area contributed by atoms with Gasteiger partial charge in [0.2, 0.25) is 0 Å². The van der Waals surface area contributed by atoms with Crippen molar-refractivity contribution in [1.82, 2.24) is 0 Å². The number of hydrogen-bond acceptors (Lipinski definition) is 2.